The molecule has 0 fully saturated rings. The first kappa shape index (κ1) is 13.2. The Morgan fingerprint density at radius 3 is 2.26 bits per heavy atom. The summed E-state index contributed by atoms with van der Waals surface area (Å²) >= 11 is 0. The molecule has 0 saturated heterocycles. The summed E-state index contributed by atoms with van der Waals surface area (Å²) in [4.78, 5) is 12.0. The molecular weight excluding hydrogens is 248 g/mol. The highest BCUT2D eigenvalue weighted by atomic mass is 19.2. The van der Waals surface area contributed by atoms with Gasteiger partial charge in [0.2, 0.25) is 5.91 Å². The Morgan fingerprint density at radius 2 is 1.68 bits per heavy atom. The van der Waals surface area contributed by atoms with E-state index < -0.39 is 17.6 Å². The Balaban J connectivity index is 2.49. The zero-order valence-corrected chi connectivity index (χ0v) is 10.4. The second-order valence-electron chi connectivity index (χ2n) is 4.13. The van der Waals surface area contributed by atoms with E-state index in [1.807, 2.05) is 6.07 Å². The molecule has 0 aromatic heterocycles. The van der Waals surface area contributed by atoms with Gasteiger partial charge >= 0.3 is 0 Å². The van der Waals surface area contributed by atoms with E-state index in [-0.39, 0.29) is 5.91 Å². The first-order chi connectivity index (χ1) is 9.13. The fourth-order valence-corrected chi connectivity index (χ4v) is 1.98. The molecule has 98 valence electrons. The molecule has 1 N–H and O–H groups in total. The largest absolute Gasteiger partial charge is 0.358 e. The molecule has 0 aliphatic heterocycles. The van der Waals surface area contributed by atoms with Gasteiger partial charge in [-0.15, -0.1) is 0 Å². The van der Waals surface area contributed by atoms with Gasteiger partial charge < -0.3 is 5.32 Å². The van der Waals surface area contributed by atoms with Crippen molar-refractivity contribution in [2.24, 2.45) is 0 Å². The molecule has 0 radical (unpaired) electrons. The van der Waals surface area contributed by atoms with E-state index in [2.05, 4.69) is 5.32 Å². The predicted molar refractivity (Wildman–Crippen MR) is 68.7 cm³/mol. The highest BCUT2D eigenvalue weighted by Crippen LogP contribution is 2.26. The van der Waals surface area contributed by atoms with Crippen molar-refractivity contribution in [2.75, 3.05) is 7.05 Å². The van der Waals surface area contributed by atoms with Gasteiger partial charge in [-0.3, -0.25) is 4.79 Å². The van der Waals surface area contributed by atoms with Crippen molar-refractivity contribution in [2.45, 2.75) is 5.92 Å². The first-order valence-electron chi connectivity index (χ1n) is 5.85. The van der Waals surface area contributed by atoms with Crippen molar-refractivity contribution < 1.29 is 13.6 Å². The van der Waals surface area contributed by atoms with E-state index in [0.29, 0.717) is 5.56 Å². The molecule has 19 heavy (non-hydrogen) atoms. The van der Waals surface area contributed by atoms with Gasteiger partial charge in [0.25, 0.3) is 0 Å². The summed E-state index contributed by atoms with van der Waals surface area (Å²) in [7, 11) is 1.51. The van der Waals surface area contributed by atoms with Gasteiger partial charge in [0.1, 0.15) is 0 Å². The number of hydrogen-bond donors (Lipinski definition) is 1. The Bertz CT molecular complexity index is 584. The maximum absolute atomic E-state index is 13.3. The summed E-state index contributed by atoms with van der Waals surface area (Å²) < 4.78 is 26.3. The fraction of sp³-hybridized carbons (Fsp3) is 0.133. The number of halogens is 2. The molecule has 0 bridgehead atoms. The SMILES string of the molecule is CNC(=O)C(c1ccccc1)c1ccc(F)c(F)c1. The summed E-state index contributed by atoms with van der Waals surface area (Å²) in [5, 5.41) is 2.54. The van der Waals surface area contributed by atoms with E-state index in [9.17, 15) is 13.6 Å². The van der Waals surface area contributed by atoms with Gasteiger partial charge in [0.05, 0.1) is 5.92 Å². The summed E-state index contributed by atoms with van der Waals surface area (Å²) in [5.41, 5.74) is 1.15. The minimum Gasteiger partial charge on any atom is -0.358 e. The zero-order chi connectivity index (χ0) is 13.8. The normalized spacial score (nSPS) is 11.9. The minimum atomic E-state index is -0.956. The van der Waals surface area contributed by atoms with Crippen LogP contribution in [0, 0.1) is 11.6 Å². The molecular formula is C15H13F2NO. The number of carbonyl (C=O) groups excluding carboxylic acids is 1. The highest BCUT2D eigenvalue weighted by Gasteiger charge is 2.22. The number of rotatable bonds is 3. The van der Waals surface area contributed by atoms with Gasteiger partial charge in [-0.1, -0.05) is 36.4 Å². The number of benzene rings is 2. The smallest absolute Gasteiger partial charge is 0.231 e. The standard InChI is InChI=1S/C15H13F2NO/c1-18-15(19)14(10-5-3-2-4-6-10)11-7-8-12(16)13(17)9-11/h2-9,14H,1H3,(H,18,19). The average molecular weight is 261 g/mol. The third-order valence-electron chi connectivity index (χ3n) is 2.92. The van der Waals surface area contributed by atoms with Crippen molar-refractivity contribution in [3.05, 3.63) is 71.3 Å². The molecule has 1 amide bonds. The maximum Gasteiger partial charge on any atom is 0.231 e. The molecule has 0 aliphatic carbocycles. The number of carbonyl (C=O) groups is 1. The molecule has 0 saturated carbocycles. The lowest BCUT2D eigenvalue weighted by molar-refractivity contribution is -0.121. The van der Waals surface area contributed by atoms with Crippen LogP contribution in [0.25, 0.3) is 0 Å². The average Bonchev–Trinajstić information content (AvgIpc) is 2.44. The first-order valence-corrected chi connectivity index (χ1v) is 5.85. The second-order valence-corrected chi connectivity index (χ2v) is 4.13. The van der Waals surface area contributed by atoms with Crippen LogP contribution in [0.2, 0.25) is 0 Å². The topological polar surface area (TPSA) is 29.1 Å². The van der Waals surface area contributed by atoms with E-state index in [4.69, 9.17) is 0 Å². The third-order valence-corrected chi connectivity index (χ3v) is 2.92. The van der Waals surface area contributed by atoms with Crippen molar-refractivity contribution in [1.29, 1.82) is 0 Å². The van der Waals surface area contributed by atoms with E-state index in [0.717, 1.165) is 17.7 Å². The van der Waals surface area contributed by atoms with Gasteiger partial charge in [-0.05, 0) is 23.3 Å². The monoisotopic (exact) mass is 261 g/mol. The number of amides is 1. The summed E-state index contributed by atoms with van der Waals surface area (Å²) in [6.45, 7) is 0. The zero-order valence-electron chi connectivity index (χ0n) is 10.4. The second kappa shape index (κ2) is 5.61. The van der Waals surface area contributed by atoms with E-state index in [1.165, 1.54) is 13.1 Å². The van der Waals surface area contributed by atoms with Crippen LogP contribution in [0.1, 0.15) is 17.0 Å². The van der Waals surface area contributed by atoms with Crippen LogP contribution in [0.4, 0.5) is 8.78 Å². The molecule has 1 unspecified atom stereocenters. The van der Waals surface area contributed by atoms with Crippen LogP contribution in [-0.4, -0.2) is 13.0 Å². The summed E-state index contributed by atoms with van der Waals surface area (Å²) in [6.07, 6.45) is 0. The predicted octanol–water partition coefficient (Wildman–Crippen LogP) is 2.84. The van der Waals surface area contributed by atoms with Crippen LogP contribution in [0.3, 0.4) is 0 Å². The Morgan fingerprint density at radius 1 is 1.00 bits per heavy atom. The molecule has 2 aromatic carbocycles. The van der Waals surface area contributed by atoms with Gasteiger partial charge in [-0.2, -0.15) is 0 Å². The number of likely N-dealkylation sites (N-methyl/N-ethyl adjacent to an activating group) is 1. The van der Waals surface area contributed by atoms with Crippen LogP contribution >= 0.6 is 0 Å². The Hall–Kier alpha value is -2.23. The van der Waals surface area contributed by atoms with Crippen LogP contribution in [0.15, 0.2) is 48.5 Å². The molecule has 0 spiro atoms. The molecule has 2 aromatic rings. The molecule has 1 atom stereocenters. The summed E-state index contributed by atoms with van der Waals surface area (Å²) in [6, 6.07) is 12.5. The lowest BCUT2D eigenvalue weighted by atomic mass is 9.90. The van der Waals surface area contributed by atoms with Crippen LogP contribution < -0.4 is 5.32 Å². The maximum atomic E-state index is 13.3. The van der Waals surface area contributed by atoms with E-state index >= 15 is 0 Å². The minimum absolute atomic E-state index is 0.266. The number of hydrogen-bond acceptors (Lipinski definition) is 1. The van der Waals surface area contributed by atoms with Gasteiger partial charge in [-0.25, -0.2) is 8.78 Å². The number of nitrogens with one attached hydrogen (secondary N) is 1. The fourth-order valence-electron chi connectivity index (χ4n) is 1.98. The molecule has 2 nitrogen and oxygen atoms in total. The van der Waals surface area contributed by atoms with Gasteiger partial charge in [0.15, 0.2) is 11.6 Å². The Kier molecular flexibility index (Phi) is 3.90. The van der Waals surface area contributed by atoms with Crippen LogP contribution in [0.5, 0.6) is 0 Å². The van der Waals surface area contributed by atoms with Crippen molar-refractivity contribution in [1.82, 2.24) is 5.32 Å². The lowest BCUT2D eigenvalue weighted by Gasteiger charge is -2.16. The Labute approximate surface area is 110 Å². The van der Waals surface area contributed by atoms with Crippen molar-refractivity contribution in [3.63, 3.8) is 0 Å². The van der Waals surface area contributed by atoms with Crippen molar-refractivity contribution in [3.8, 4) is 0 Å². The van der Waals surface area contributed by atoms with Crippen molar-refractivity contribution >= 4 is 5.91 Å². The third kappa shape index (κ3) is 2.78. The molecule has 4 heteroatoms. The van der Waals surface area contributed by atoms with Crippen LogP contribution in [-0.2, 0) is 4.79 Å². The molecule has 2 rings (SSSR count). The van der Waals surface area contributed by atoms with Gasteiger partial charge in [0, 0.05) is 7.05 Å². The lowest BCUT2D eigenvalue weighted by Crippen LogP contribution is -2.26. The highest BCUT2D eigenvalue weighted by molar-refractivity contribution is 5.86. The molecule has 0 aliphatic rings. The van der Waals surface area contributed by atoms with E-state index in [1.54, 1.807) is 24.3 Å². The quantitative estimate of drug-likeness (QED) is 0.904. The molecule has 0 heterocycles. The summed E-state index contributed by atoms with van der Waals surface area (Å²) in [5.74, 6) is -2.80.